The predicted octanol–water partition coefficient (Wildman–Crippen LogP) is 2.40. The van der Waals surface area contributed by atoms with E-state index in [1.54, 1.807) is 12.4 Å². The molecule has 15 heavy (non-hydrogen) atoms. The Morgan fingerprint density at radius 2 is 1.13 bits per heavy atom. The summed E-state index contributed by atoms with van der Waals surface area (Å²) < 4.78 is 0. The summed E-state index contributed by atoms with van der Waals surface area (Å²) in [5, 5.41) is 2.28. The van der Waals surface area contributed by atoms with E-state index in [4.69, 9.17) is 0 Å². The molecule has 2 radical (unpaired) electrons. The summed E-state index contributed by atoms with van der Waals surface area (Å²) in [7, 11) is 0. The third-order valence-electron chi connectivity index (χ3n) is 2.34. The molecule has 0 fully saturated rings. The molecule has 3 aromatic rings. The SMILES string of the molecule is [Mg].c1cnc2c(c1)ccc1cccnc12. The molecule has 0 spiro atoms. The molecule has 0 aliphatic heterocycles. The number of pyridine rings is 2. The van der Waals surface area contributed by atoms with Crippen molar-refractivity contribution in [3.05, 3.63) is 48.8 Å². The highest BCUT2D eigenvalue weighted by Crippen LogP contribution is 2.20. The van der Waals surface area contributed by atoms with Crippen LogP contribution in [0.5, 0.6) is 0 Å². The van der Waals surface area contributed by atoms with Crippen molar-refractivity contribution in [2.24, 2.45) is 0 Å². The van der Waals surface area contributed by atoms with Gasteiger partial charge in [-0.1, -0.05) is 24.3 Å². The van der Waals surface area contributed by atoms with Gasteiger partial charge in [0.05, 0.1) is 11.0 Å². The fourth-order valence-corrected chi connectivity index (χ4v) is 1.68. The van der Waals surface area contributed by atoms with Crippen LogP contribution >= 0.6 is 0 Å². The van der Waals surface area contributed by atoms with E-state index in [9.17, 15) is 0 Å². The summed E-state index contributed by atoms with van der Waals surface area (Å²) in [6.45, 7) is 0. The molecule has 0 aliphatic carbocycles. The van der Waals surface area contributed by atoms with Crippen molar-refractivity contribution in [2.45, 2.75) is 0 Å². The lowest BCUT2D eigenvalue weighted by Gasteiger charge is -2.00. The van der Waals surface area contributed by atoms with Gasteiger partial charge in [0, 0.05) is 46.2 Å². The van der Waals surface area contributed by atoms with Crippen molar-refractivity contribution in [1.29, 1.82) is 0 Å². The van der Waals surface area contributed by atoms with E-state index in [1.807, 2.05) is 12.1 Å². The van der Waals surface area contributed by atoms with E-state index < -0.39 is 0 Å². The lowest BCUT2D eigenvalue weighted by molar-refractivity contribution is 1.37. The normalized spacial score (nSPS) is 10.1. The molecule has 0 unspecified atom stereocenters. The van der Waals surface area contributed by atoms with Crippen LogP contribution < -0.4 is 0 Å². The molecule has 2 heterocycles. The van der Waals surface area contributed by atoms with E-state index in [0.717, 1.165) is 21.8 Å². The van der Waals surface area contributed by atoms with Gasteiger partial charge in [-0.05, 0) is 12.1 Å². The first kappa shape index (κ1) is 10.3. The molecule has 0 amide bonds. The summed E-state index contributed by atoms with van der Waals surface area (Å²) in [6.07, 6.45) is 3.60. The Morgan fingerprint density at radius 1 is 0.667 bits per heavy atom. The Balaban J connectivity index is 0.000000853. The highest BCUT2D eigenvalue weighted by atomic mass is 24.3. The molecule has 0 saturated carbocycles. The van der Waals surface area contributed by atoms with Crippen LogP contribution in [-0.2, 0) is 0 Å². The van der Waals surface area contributed by atoms with Gasteiger partial charge in [0.25, 0.3) is 0 Å². The van der Waals surface area contributed by atoms with E-state index in [0.29, 0.717) is 0 Å². The maximum absolute atomic E-state index is 4.35. The summed E-state index contributed by atoms with van der Waals surface area (Å²) in [6, 6.07) is 12.1. The number of benzene rings is 1. The summed E-state index contributed by atoms with van der Waals surface area (Å²) in [5.74, 6) is 0. The number of aromatic nitrogens is 2. The minimum Gasteiger partial charge on any atom is -0.254 e. The van der Waals surface area contributed by atoms with Crippen molar-refractivity contribution in [3.8, 4) is 0 Å². The zero-order chi connectivity index (χ0) is 9.38. The predicted molar refractivity (Wildman–Crippen MR) is 62.8 cm³/mol. The lowest BCUT2D eigenvalue weighted by Crippen LogP contribution is -1.83. The number of rotatable bonds is 0. The van der Waals surface area contributed by atoms with Crippen molar-refractivity contribution in [2.75, 3.05) is 0 Å². The Hall–Kier alpha value is -1.19. The molecule has 0 aliphatic rings. The quantitative estimate of drug-likeness (QED) is 0.415. The first-order valence-corrected chi connectivity index (χ1v) is 4.53. The first-order chi connectivity index (χ1) is 6.95. The standard InChI is InChI=1S/C12H8N2.Mg/c1-3-9-5-6-10-4-2-8-14-12(10)11(9)13-7-1;/h1-8H;. The van der Waals surface area contributed by atoms with Crippen LogP contribution in [0.3, 0.4) is 0 Å². The molecule has 2 aromatic heterocycles. The van der Waals surface area contributed by atoms with Gasteiger partial charge in [-0.2, -0.15) is 0 Å². The maximum atomic E-state index is 4.35. The van der Waals surface area contributed by atoms with Crippen LogP contribution in [-0.4, -0.2) is 33.0 Å². The van der Waals surface area contributed by atoms with Gasteiger partial charge < -0.3 is 0 Å². The van der Waals surface area contributed by atoms with E-state index >= 15 is 0 Å². The Bertz CT molecular complexity index is 553. The van der Waals surface area contributed by atoms with Gasteiger partial charge in [0.1, 0.15) is 0 Å². The topological polar surface area (TPSA) is 25.8 Å². The third kappa shape index (κ3) is 1.68. The molecule has 0 N–H and O–H groups in total. The van der Waals surface area contributed by atoms with Crippen molar-refractivity contribution in [3.63, 3.8) is 0 Å². The monoisotopic (exact) mass is 204 g/mol. The average Bonchev–Trinajstić information content (AvgIpc) is 2.29. The van der Waals surface area contributed by atoms with Crippen molar-refractivity contribution in [1.82, 2.24) is 9.97 Å². The van der Waals surface area contributed by atoms with Crippen LogP contribution in [0.4, 0.5) is 0 Å². The molecular formula is C12H8MgN2. The first-order valence-electron chi connectivity index (χ1n) is 4.53. The summed E-state index contributed by atoms with van der Waals surface area (Å²) in [5.41, 5.74) is 1.95. The molecule has 2 nitrogen and oxygen atoms in total. The largest absolute Gasteiger partial charge is 0.254 e. The van der Waals surface area contributed by atoms with E-state index in [2.05, 4.69) is 34.2 Å². The maximum Gasteiger partial charge on any atom is 0.0964 e. The lowest BCUT2D eigenvalue weighted by atomic mass is 10.1. The number of fused-ring (bicyclic) bond motifs is 3. The van der Waals surface area contributed by atoms with Gasteiger partial charge in [0.2, 0.25) is 0 Å². The summed E-state index contributed by atoms with van der Waals surface area (Å²) >= 11 is 0. The second-order valence-corrected chi connectivity index (χ2v) is 3.22. The van der Waals surface area contributed by atoms with Crippen LogP contribution in [0, 0.1) is 0 Å². The van der Waals surface area contributed by atoms with Crippen LogP contribution in [0.1, 0.15) is 0 Å². The smallest absolute Gasteiger partial charge is 0.0964 e. The minimum atomic E-state index is 0. The molecule has 68 valence electrons. The Morgan fingerprint density at radius 3 is 1.60 bits per heavy atom. The average molecular weight is 205 g/mol. The Labute approximate surface area is 104 Å². The van der Waals surface area contributed by atoms with Crippen LogP contribution in [0.25, 0.3) is 21.8 Å². The molecule has 0 atom stereocenters. The zero-order valence-corrected chi connectivity index (χ0v) is 9.63. The molecular weight excluding hydrogens is 196 g/mol. The number of hydrogen-bond donors (Lipinski definition) is 0. The van der Waals surface area contributed by atoms with E-state index in [1.165, 1.54) is 0 Å². The third-order valence-corrected chi connectivity index (χ3v) is 2.34. The highest BCUT2D eigenvalue weighted by molar-refractivity contribution is 6.02. The molecule has 0 saturated heterocycles. The second kappa shape index (κ2) is 4.12. The van der Waals surface area contributed by atoms with Crippen molar-refractivity contribution < 1.29 is 0 Å². The van der Waals surface area contributed by atoms with Crippen molar-refractivity contribution >= 4 is 44.9 Å². The Kier molecular flexibility index (Phi) is 2.84. The van der Waals surface area contributed by atoms with Crippen LogP contribution in [0.2, 0.25) is 0 Å². The minimum absolute atomic E-state index is 0. The molecule has 0 bridgehead atoms. The molecule has 3 heteroatoms. The summed E-state index contributed by atoms with van der Waals surface area (Å²) in [4.78, 5) is 8.69. The zero-order valence-electron chi connectivity index (χ0n) is 8.22. The van der Waals surface area contributed by atoms with Gasteiger partial charge in [-0.25, -0.2) is 0 Å². The number of hydrogen-bond acceptors (Lipinski definition) is 2. The number of nitrogens with zero attached hydrogens (tertiary/aromatic N) is 2. The fraction of sp³-hybridized carbons (Fsp3) is 0. The van der Waals surface area contributed by atoms with Gasteiger partial charge in [-0.3, -0.25) is 9.97 Å². The molecule has 1 aromatic carbocycles. The second-order valence-electron chi connectivity index (χ2n) is 3.22. The van der Waals surface area contributed by atoms with Gasteiger partial charge >= 0.3 is 0 Å². The van der Waals surface area contributed by atoms with Gasteiger partial charge in [0.15, 0.2) is 0 Å². The van der Waals surface area contributed by atoms with Crippen LogP contribution in [0.15, 0.2) is 48.8 Å². The fourth-order valence-electron chi connectivity index (χ4n) is 1.68. The highest BCUT2D eigenvalue weighted by Gasteiger charge is 2.00. The molecule has 3 rings (SSSR count). The van der Waals surface area contributed by atoms with Gasteiger partial charge in [-0.15, -0.1) is 0 Å². The van der Waals surface area contributed by atoms with E-state index in [-0.39, 0.29) is 23.1 Å².